The normalized spacial score (nSPS) is 27.1. The molecule has 3 heteroatoms. The van der Waals surface area contributed by atoms with Gasteiger partial charge in [0.15, 0.2) is 0 Å². The van der Waals surface area contributed by atoms with Gasteiger partial charge in [0.1, 0.15) is 6.04 Å². The Balaban J connectivity index is 2.48. The molecule has 0 spiro atoms. The summed E-state index contributed by atoms with van der Waals surface area (Å²) in [5.41, 5.74) is 0. The van der Waals surface area contributed by atoms with Crippen LogP contribution in [0.2, 0.25) is 0 Å². The summed E-state index contributed by atoms with van der Waals surface area (Å²) < 4.78 is 0. The number of carbonyl (C=O) groups is 1. The van der Waals surface area contributed by atoms with Gasteiger partial charge in [0.2, 0.25) is 5.91 Å². The van der Waals surface area contributed by atoms with Gasteiger partial charge < -0.3 is 10.6 Å². The molecule has 0 aliphatic carbocycles. The molecule has 1 heterocycles. The van der Waals surface area contributed by atoms with Crippen molar-refractivity contribution in [3.8, 4) is 0 Å². The molecule has 3 nitrogen and oxygen atoms in total. The highest BCUT2D eigenvalue weighted by Crippen LogP contribution is 1.88. The first-order valence-electron chi connectivity index (χ1n) is 2.98. The van der Waals surface area contributed by atoms with Crippen LogP contribution in [0.4, 0.5) is 0 Å². The maximum Gasteiger partial charge on any atom is 0.241 e. The number of carbonyl (C=O) groups excluding carboxylic acids is 1. The van der Waals surface area contributed by atoms with Crippen LogP contribution in [0, 0.1) is 0 Å². The maximum atomic E-state index is 10.8. The fraction of sp³-hybridized carbons (Fsp3) is 0.500. The van der Waals surface area contributed by atoms with E-state index in [0.29, 0.717) is 0 Å². The minimum atomic E-state index is -0.182. The van der Waals surface area contributed by atoms with E-state index < -0.39 is 0 Å². The molecule has 0 bridgehead atoms. The van der Waals surface area contributed by atoms with Gasteiger partial charge in [0.25, 0.3) is 0 Å². The Labute approximate surface area is 54.1 Å². The maximum absolute atomic E-state index is 10.8. The van der Waals surface area contributed by atoms with Crippen molar-refractivity contribution >= 4 is 5.91 Å². The first kappa shape index (κ1) is 6.29. The van der Waals surface area contributed by atoms with E-state index in [9.17, 15) is 4.79 Å². The zero-order chi connectivity index (χ0) is 6.69. The minimum absolute atomic E-state index is 0.0243. The second-order valence-electron chi connectivity index (χ2n) is 1.96. The molecule has 0 unspecified atom stereocenters. The molecule has 1 aliphatic rings. The summed E-state index contributed by atoms with van der Waals surface area (Å²) in [6.07, 6.45) is 1.61. The van der Waals surface area contributed by atoms with Crippen LogP contribution < -0.4 is 10.6 Å². The van der Waals surface area contributed by atoms with Crippen LogP contribution >= 0.6 is 0 Å². The van der Waals surface area contributed by atoms with Gasteiger partial charge in [-0.2, -0.15) is 0 Å². The molecule has 0 aromatic carbocycles. The number of nitrogens with one attached hydrogen (secondary N) is 2. The Hall–Kier alpha value is -0.830. The van der Waals surface area contributed by atoms with E-state index in [1.165, 1.54) is 0 Å². The van der Waals surface area contributed by atoms with E-state index in [0.717, 1.165) is 13.1 Å². The first-order valence-corrected chi connectivity index (χ1v) is 2.98. The van der Waals surface area contributed by atoms with Crippen LogP contribution in [-0.2, 0) is 4.79 Å². The topological polar surface area (TPSA) is 41.1 Å². The molecule has 1 saturated heterocycles. The number of piperazine rings is 1. The summed E-state index contributed by atoms with van der Waals surface area (Å²) in [6.45, 7) is 5.07. The van der Waals surface area contributed by atoms with E-state index in [1.807, 2.05) is 0 Å². The van der Waals surface area contributed by atoms with E-state index in [4.69, 9.17) is 0 Å². The van der Waals surface area contributed by atoms with Crippen LogP contribution in [0.5, 0.6) is 0 Å². The summed E-state index contributed by atoms with van der Waals surface area (Å²) in [5.74, 6) is 0.0243. The molecule has 1 fully saturated rings. The first-order chi connectivity index (χ1) is 4.34. The molecular formula is C6H10N2O. The number of rotatable bonds is 1. The van der Waals surface area contributed by atoms with Crippen molar-refractivity contribution in [3.05, 3.63) is 12.7 Å². The van der Waals surface area contributed by atoms with Crippen LogP contribution in [0.15, 0.2) is 12.7 Å². The van der Waals surface area contributed by atoms with E-state index >= 15 is 0 Å². The SMILES string of the molecule is C=C[C@@H]1NCCNC1=O. The lowest BCUT2D eigenvalue weighted by Crippen LogP contribution is -2.51. The van der Waals surface area contributed by atoms with Gasteiger partial charge in [-0.3, -0.25) is 4.79 Å². The van der Waals surface area contributed by atoms with Crippen molar-refractivity contribution in [2.45, 2.75) is 6.04 Å². The fourth-order valence-corrected chi connectivity index (χ4v) is 0.806. The molecule has 1 rings (SSSR count). The van der Waals surface area contributed by atoms with Crippen molar-refractivity contribution < 1.29 is 4.79 Å². The van der Waals surface area contributed by atoms with E-state index in [2.05, 4.69) is 17.2 Å². The summed E-state index contributed by atoms with van der Waals surface area (Å²) in [6, 6.07) is -0.182. The lowest BCUT2D eigenvalue weighted by molar-refractivity contribution is -0.123. The highest BCUT2D eigenvalue weighted by Gasteiger charge is 2.16. The number of hydrogen-bond donors (Lipinski definition) is 2. The predicted octanol–water partition coefficient (Wildman–Crippen LogP) is -0.740. The van der Waals surface area contributed by atoms with Crippen LogP contribution in [0.25, 0.3) is 0 Å². The predicted molar refractivity (Wildman–Crippen MR) is 35.0 cm³/mol. The second-order valence-corrected chi connectivity index (χ2v) is 1.96. The van der Waals surface area contributed by atoms with Crippen molar-refractivity contribution in [2.75, 3.05) is 13.1 Å². The molecule has 9 heavy (non-hydrogen) atoms. The monoisotopic (exact) mass is 126 g/mol. The number of amides is 1. The largest absolute Gasteiger partial charge is 0.353 e. The third kappa shape index (κ3) is 1.29. The zero-order valence-electron chi connectivity index (χ0n) is 5.18. The van der Waals surface area contributed by atoms with Crippen LogP contribution in [0.1, 0.15) is 0 Å². The van der Waals surface area contributed by atoms with E-state index in [1.54, 1.807) is 6.08 Å². The molecule has 0 radical (unpaired) electrons. The smallest absolute Gasteiger partial charge is 0.241 e. The molecule has 2 N–H and O–H groups in total. The third-order valence-electron chi connectivity index (χ3n) is 1.31. The number of hydrogen-bond acceptors (Lipinski definition) is 2. The minimum Gasteiger partial charge on any atom is -0.353 e. The third-order valence-corrected chi connectivity index (χ3v) is 1.31. The molecule has 1 atom stereocenters. The van der Waals surface area contributed by atoms with Crippen molar-refractivity contribution in [2.24, 2.45) is 0 Å². The molecule has 0 aromatic heterocycles. The summed E-state index contributed by atoms with van der Waals surface area (Å²) in [7, 11) is 0. The molecule has 1 amide bonds. The molecular weight excluding hydrogens is 116 g/mol. The zero-order valence-corrected chi connectivity index (χ0v) is 5.18. The highest BCUT2D eigenvalue weighted by molar-refractivity contribution is 5.84. The fourth-order valence-electron chi connectivity index (χ4n) is 0.806. The van der Waals surface area contributed by atoms with Gasteiger partial charge >= 0.3 is 0 Å². The van der Waals surface area contributed by atoms with Crippen molar-refractivity contribution in [1.82, 2.24) is 10.6 Å². The van der Waals surface area contributed by atoms with Gasteiger partial charge in [0, 0.05) is 13.1 Å². The van der Waals surface area contributed by atoms with Gasteiger partial charge in [-0.1, -0.05) is 6.08 Å². The van der Waals surface area contributed by atoms with Crippen LogP contribution in [-0.4, -0.2) is 25.0 Å². The van der Waals surface area contributed by atoms with Crippen molar-refractivity contribution in [3.63, 3.8) is 0 Å². The molecule has 1 aliphatic heterocycles. The van der Waals surface area contributed by atoms with Gasteiger partial charge in [0.05, 0.1) is 0 Å². The average molecular weight is 126 g/mol. The van der Waals surface area contributed by atoms with Gasteiger partial charge in [-0.15, -0.1) is 6.58 Å². The molecule has 0 aromatic rings. The Bertz CT molecular complexity index is 133. The molecule has 0 saturated carbocycles. The Morgan fingerprint density at radius 2 is 2.44 bits per heavy atom. The lowest BCUT2D eigenvalue weighted by atomic mass is 10.2. The van der Waals surface area contributed by atoms with Crippen molar-refractivity contribution in [1.29, 1.82) is 0 Å². The van der Waals surface area contributed by atoms with E-state index in [-0.39, 0.29) is 11.9 Å². The second kappa shape index (κ2) is 2.64. The Morgan fingerprint density at radius 1 is 1.67 bits per heavy atom. The standard InChI is InChI=1S/C6H10N2O/c1-2-5-6(9)8-4-3-7-5/h2,5,7H,1,3-4H2,(H,8,9)/t5-/m0/s1. The average Bonchev–Trinajstić information content (AvgIpc) is 1.89. The Kier molecular flexibility index (Phi) is 1.85. The summed E-state index contributed by atoms with van der Waals surface area (Å²) in [4.78, 5) is 10.8. The quantitative estimate of drug-likeness (QED) is 0.454. The summed E-state index contributed by atoms with van der Waals surface area (Å²) >= 11 is 0. The highest BCUT2D eigenvalue weighted by atomic mass is 16.2. The van der Waals surface area contributed by atoms with Gasteiger partial charge in [-0.05, 0) is 0 Å². The lowest BCUT2D eigenvalue weighted by Gasteiger charge is -2.19. The Morgan fingerprint density at radius 3 is 2.89 bits per heavy atom. The van der Waals surface area contributed by atoms with Crippen LogP contribution in [0.3, 0.4) is 0 Å². The summed E-state index contributed by atoms with van der Waals surface area (Å²) in [5, 5.41) is 5.70. The van der Waals surface area contributed by atoms with Gasteiger partial charge in [-0.25, -0.2) is 0 Å². The molecule has 50 valence electrons.